The topological polar surface area (TPSA) is 95.9 Å². The molecule has 6 heteroatoms. The van der Waals surface area contributed by atoms with Gasteiger partial charge in [-0.2, -0.15) is 0 Å². The Hall–Kier alpha value is -1.66. The molecule has 0 aromatic rings. The highest BCUT2D eigenvalue weighted by molar-refractivity contribution is 5.76. The van der Waals surface area contributed by atoms with Crippen LogP contribution < -0.4 is 5.32 Å². The van der Waals surface area contributed by atoms with E-state index in [1.165, 1.54) is 199 Å². The molecule has 1 amide bonds. The molecule has 0 aliphatic carbocycles. The Balaban J connectivity index is 3.43. The number of amides is 1. The Morgan fingerprint density at radius 1 is 0.450 bits per heavy atom. The van der Waals surface area contributed by atoms with E-state index in [4.69, 9.17) is 4.74 Å². The Labute approximate surface area is 373 Å². The highest BCUT2D eigenvalue weighted by Gasteiger charge is 2.18. The number of ether oxygens (including phenoxy) is 1. The summed E-state index contributed by atoms with van der Waals surface area (Å²) >= 11 is 0. The first kappa shape index (κ1) is 58.3. The third-order valence-corrected chi connectivity index (χ3v) is 12.2. The molecule has 0 radical (unpaired) electrons. The van der Waals surface area contributed by atoms with Crippen molar-refractivity contribution in [1.29, 1.82) is 0 Å². The van der Waals surface area contributed by atoms with Crippen LogP contribution in [-0.2, 0) is 14.3 Å². The Kier molecular flexibility index (Phi) is 48.6. The first-order valence-electron chi connectivity index (χ1n) is 26.6. The second-order valence-corrected chi connectivity index (χ2v) is 18.2. The SMILES string of the molecule is CCCCCCCCC/C=C\CCCCCCCCCC(=O)OCCCCCCCCCCCCCCCCC(=O)NC(CO)C(O)/C=C/CCCCCCCCCCC. The van der Waals surface area contributed by atoms with Crippen LogP contribution >= 0.6 is 0 Å². The number of hydrogen-bond donors (Lipinski definition) is 3. The zero-order chi connectivity index (χ0) is 43.7. The molecule has 0 bridgehead atoms. The lowest BCUT2D eigenvalue weighted by Crippen LogP contribution is -2.45. The van der Waals surface area contributed by atoms with Crippen molar-refractivity contribution in [3.63, 3.8) is 0 Å². The molecule has 0 heterocycles. The summed E-state index contributed by atoms with van der Waals surface area (Å²) in [6.45, 7) is 4.86. The fourth-order valence-corrected chi connectivity index (χ4v) is 8.10. The maximum atomic E-state index is 12.4. The van der Waals surface area contributed by atoms with Crippen molar-refractivity contribution in [3.05, 3.63) is 24.3 Å². The smallest absolute Gasteiger partial charge is 0.305 e. The van der Waals surface area contributed by atoms with E-state index >= 15 is 0 Å². The molecule has 0 saturated carbocycles. The summed E-state index contributed by atoms with van der Waals surface area (Å²) in [5.41, 5.74) is 0. The molecule has 354 valence electrons. The maximum absolute atomic E-state index is 12.4. The largest absolute Gasteiger partial charge is 0.466 e. The van der Waals surface area contributed by atoms with Crippen molar-refractivity contribution in [2.75, 3.05) is 13.2 Å². The van der Waals surface area contributed by atoms with Gasteiger partial charge in [0.2, 0.25) is 5.91 Å². The second-order valence-electron chi connectivity index (χ2n) is 18.2. The van der Waals surface area contributed by atoms with E-state index in [1.807, 2.05) is 6.08 Å². The quantitative estimate of drug-likeness (QED) is 0.0322. The van der Waals surface area contributed by atoms with Gasteiger partial charge < -0.3 is 20.3 Å². The van der Waals surface area contributed by atoms with Crippen LogP contribution in [0.5, 0.6) is 0 Å². The molecule has 0 aromatic carbocycles. The summed E-state index contributed by atoms with van der Waals surface area (Å²) in [5, 5.41) is 23.0. The minimum absolute atomic E-state index is 0.00670. The number of esters is 1. The molecule has 0 fully saturated rings. The van der Waals surface area contributed by atoms with E-state index < -0.39 is 12.1 Å². The van der Waals surface area contributed by atoms with Gasteiger partial charge in [0.15, 0.2) is 0 Å². The molecule has 0 rings (SSSR count). The van der Waals surface area contributed by atoms with Gasteiger partial charge in [0.05, 0.1) is 25.4 Å². The van der Waals surface area contributed by atoms with Crippen LogP contribution in [0.15, 0.2) is 24.3 Å². The summed E-state index contributed by atoms with van der Waals surface area (Å²) in [7, 11) is 0. The van der Waals surface area contributed by atoms with E-state index in [9.17, 15) is 19.8 Å². The standard InChI is InChI=1S/C54H103NO5/c1-3-5-7-9-11-13-15-16-17-18-19-20-24-28-32-36-40-44-48-54(59)60-49-45-41-37-33-29-25-22-21-23-27-31-35-39-43-47-53(58)55-51(50-56)52(57)46-42-38-34-30-26-14-12-10-8-6-4-2/h17-18,42,46,51-52,56-57H,3-16,19-41,43-45,47-50H2,1-2H3,(H,55,58)/b18-17-,46-42+. The van der Waals surface area contributed by atoms with E-state index in [2.05, 4.69) is 31.3 Å². The molecule has 2 atom stereocenters. The average Bonchev–Trinajstić information content (AvgIpc) is 3.25. The number of carbonyl (C=O) groups excluding carboxylic acids is 2. The summed E-state index contributed by atoms with van der Waals surface area (Å²) in [5.74, 6) is -0.0865. The second kappa shape index (κ2) is 50.0. The fraction of sp³-hybridized carbons (Fsp3) is 0.889. The summed E-state index contributed by atoms with van der Waals surface area (Å²) < 4.78 is 5.47. The van der Waals surface area contributed by atoms with E-state index in [0.717, 1.165) is 57.8 Å². The Morgan fingerprint density at radius 2 is 0.783 bits per heavy atom. The van der Waals surface area contributed by atoms with Crippen LogP contribution in [0, 0.1) is 0 Å². The summed E-state index contributed by atoms with van der Waals surface area (Å²) in [4.78, 5) is 24.5. The van der Waals surface area contributed by atoms with Gasteiger partial charge in [0.1, 0.15) is 0 Å². The van der Waals surface area contributed by atoms with Crippen molar-refractivity contribution in [2.45, 2.75) is 296 Å². The van der Waals surface area contributed by atoms with Crippen molar-refractivity contribution in [1.82, 2.24) is 5.32 Å². The molecule has 0 saturated heterocycles. The van der Waals surface area contributed by atoms with Gasteiger partial charge in [-0.05, 0) is 57.8 Å². The number of carbonyl (C=O) groups is 2. The van der Waals surface area contributed by atoms with Crippen LogP contribution in [0.4, 0.5) is 0 Å². The van der Waals surface area contributed by atoms with Crippen molar-refractivity contribution >= 4 is 11.9 Å². The molecule has 0 aliphatic heterocycles. The van der Waals surface area contributed by atoms with Gasteiger partial charge in [0, 0.05) is 12.8 Å². The molecule has 60 heavy (non-hydrogen) atoms. The molecule has 0 aromatic heterocycles. The lowest BCUT2D eigenvalue weighted by atomic mass is 10.0. The number of allylic oxidation sites excluding steroid dienone is 3. The zero-order valence-electron chi connectivity index (χ0n) is 40.2. The maximum Gasteiger partial charge on any atom is 0.305 e. The predicted molar refractivity (Wildman–Crippen MR) is 260 cm³/mol. The third kappa shape index (κ3) is 45.9. The van der Waals surface area contributed by atoms with Crippen LogP contribution in [0.2, 0.25) is 0 Å². The molecule has 6 nitrogen and oxygen atoms in total. The number of unbranched alkanes of at least 4 members (excludes halogenated alkanes) is 36. The number of nitrogens with one attached hydrogen (secondary N) is 1. The summed E-state index contributed by atoms with van der Waals surface area (Å²) in [6.07, 6.45) is 59.0. The van der Waals surface area contributed by atoms with Crippen molar-refractivity contribution < 1.29 is 24.5 Å². The molecular weight excluding hydrogens is 743 g/mol. The van der Waals surface area contributed by atoms with Gasteiger partial charge in [0.25, 0.3) is 0 Å². The van der Waals surface area contributed by atoms with Crippen LogP contribution in [0.3, 0.4) is 0 Å². The monoisotopic (exact) mass is 846 g/mol. The molecular formula is C54H103NO5. The average molecular weight is 846 g/mol. The minimum atomic E-state index is -0.850. The molecule has 2 unspecified atom stereocenters. The number of rotatable bonds is 49. The molecule has 3 N–H and O–H groups in total. The van der Waals surface area contributed by atoms with Gasteiger partial charge in [-0.3, -0.25) is 9.59 Å². The predicted octanol–water partition coefficient (Wildman–Crippen LogP) is 15.9. The first-order chi connectivity index (χ1) is 29.5. The zero-order valence-corrected chi connectivity index (χ0v) is 40.2. The highest BCUT2D eigenvalue weighted by atomic mass is 16.5. The Bertz CT molecular complexity index is 935. The Morgan fingerprint density at radius 3 is 1.18 bits per heavy atom. The molecule has 0 spiro atoms. The first-order valence-corrected chi connectivity index (χ1v) is 26.6. The van der Waals surface area contributed by atoms with Gasteiger partial charge in [-0.25, -0.2) is 0 Å². The lowest BCUT2D eigenvalue weighted by Gasteiger charge is -2.20. The molecule has 0 aliphatic rings. The number of hydrogen-bond acceptors (Lipinski definition) is 5. The minimum Gasteiger partial charge on any atom is -0.466 e. The summed E-state index contributed by atoms with van der Waals surface area (Å²) in [6, 6.07) is -0.634. The van der Waals surface area contributed by atoms with Crippen molar-refractivity contribution in [2.24, 2.45) is 0 Å². The van der Waals surface area contributed by atoms with Crippen LogP contribution in [0.1, 0.15) is 284 Å². The normalized spacial score (nSPS) is 12.8. The fourth-order valence-electron chi connectivity index (χ4n) is 8.10. The van der Waals surface area contributed by atoms with Gasteiger partial charge in [-0.15, -0.1) is 0 Å². The number of aliphatic hydroxyl groups is 2. The van der Waals surface area contributed by atoms with Crippen molar-refractivity contribution in [3.8, 4) is 0 Å². The van der Waals surface area contributed by atoms with Crippen LogP contribution in [0.25, 0.3) is 0 Å². The highest BCUT2D eigenvalue weighted by Crippen LogP contribution is 2.16. The lowest BCUT2D eigenvalue weighted by molar-refractivity contribution is -0.143. The number of aliphatic hydroxyl groups excluding tert-OH is 2. The van der Waals surface area contributed by atoms with Gasteiger partial charge in [-0.1, -0.05) is 237 Å². The van der Waals surface area contributed by atoms with Gasteiger partial charge >= 0.3 is 5.97 Å². The van der Waals surface area contributed by atoms with E-state index in [0.29, 0.717) is 19.4 Å². The third-order valence-electron chi connectivity index (χ3n) is 12.2. The van der Waals surface area contributed by atoms with Crippen LogP contribution in [-0.4, -0.2) is 47.4 Å². The van der Waals surface area contributed by atoms with E-state index in [1.54, 1.807) is 6.08 Å². The van der Waals surface area contributed by atoms with E-state index in [-0.39, 0.29) is 18.5 Å².